The van der Waals surface area contributed by atoms with E-state index in [0.717, 1.165) is 16.7 Å². The SMILES string of the molecule is O=C(OC(c1ccccc1)c1ccccc1)C1=C(CCl)CS[C@@H]2C(NC(=S)Cc3cc(Cl)ccc3Cl)C(=O)N12. The predicted molar refractivity (Wildman–Crippen MR) is 161 cm³/mol. The molecule has 2 atom stereocenters. The summed E-state index contributed by atoms with van der Waals surface area (Å²) in [4.78, 5) is 29.0. The van der Waals surface area contributed by atoms with Crippen LogP contribution in [0.25, 0.3) is 0 Å². The quantitative estimate of drug-likeness (QED) is 0.134. The van der Waals surface area contributed by atoms with Crippen molar-refractivity contribution in [2.75, 3.05) is 11.6 Å². The van der Waals surface area contributed by atoms with E-state index in [0.29, 0.717) is 32.8 Å². The Bertz CT molecular complexity index is 1400. The molecule has 0 bridgehead atoms. The van der Waals surface area contributed by atoms with Crippen LogP contribution in [0.1, 0.15) is 22.8 Å². The van der Waals surface area contributed by atoms with Crippen molar-refractivity contribution < 1.29 is 14.3 Å². The predicted octanol–water partition coefficient (Wildman–Crippen LogP) is 6.56. The first kappa shape index (κ1) is 28.0. The molecule has 2 aliphatic rings. The average Bonchev–Trinajstić information content (AvgIpc) is 2.96. The number of thioether (sulfide) groups is 1. The van der Waals surface area contributed by atoms with Crippen molar-refractivity contribution in [1.82, 2.24) is 10.2 Å². The fourth-order valence-corrected chi connectivity index (χ4v) is 6.94. The number of hydrogen-bond donors (Lipinski definition) is 1. The largest absolute Gasteiger partial charge is 0.448 e. The van der Waals surface area contributed by atoms with Crippen LogP contribution in [-0.2, 0) is 20.7 Å². The van der Waals surface area contributed by atoms with Gasteiger partial charge in [-0.25, -0.2) is 4.79 Å². The second-order valence-electron chi connectivity index (χ2n) is 9.06. The number of hydrogen-bond acceptors (Lipinski definition) is 5. The van der Waals surface area contributed by atoms with E-state index in [2.05, 4.69) is 5.32 Å². The molecule has 1 amide bonds. The van der Waals surface area contributed by atoms with Gasteiger partial charge >= 0.3 is 5.97 Å². The smallest absolute Gasteiger partial charge is 0.356 e. The van der Waals surface area contributed by atoms with Crippen molar-refractivity contribution in [2.45, 2.75) is 23.9 Å². The number of benzene rings is 3. The zero-order chi connectivity index (χ0) is 27.5. The molecule has 3 aromatic rings. The number of amides is 1. The molecule has 5 rings (SSSR count). The third-order valence-electron chi connectivity index (χ3n) is 6.51. The van der Waals surface area contributed by atoms with Crippen LogP contribution in [0.5, 0.6) is 0 Å². The van der Waals surface area contributed by atoms with Gasteiger partial charge in [0.2, 0.25) is 0 Å². The number of carbonyl (C=O) groups is 2. The van der Waals surface area contributed by atoms with Gasteiger partial charge in [-0.05, 0) is 40.5 Å². The molecule has 5 nitrogen and oxygen atoms in total. The molecule has 1 saturated heterocycles. The van der Waals surface area contributed by atoms with Crippen LogP contribution in [-0.4, -0.2) is 44.8 Å². The lowest BCUT2D eigenvalue weighted by atomic mass is 10.0. The number of alkyl halides is 1. The molecule has 0 radical (unpaired) electrons. The first-order valence-electron chi connectivity index (χ1n) is 12.1. The van der Waals surface area contributed by atoms with Crippen LogP contribution in [0.15, 0.2) is 90.1 Å². The van der Waals surface area contributed by atoms with Crippen molar-refractivity contribution >= 4 is 75.6 Å². The minimum atomic E-state index is -0.641. The number of halogens is 3. The maximum atomic E-state index is 13.7. The van der Waals surface area contributed by atoms with Crippen molar-refractivity contribution in [3.63, 3.8) is 0 Å². The molecular weight excluding hydrogens is 595 g/mol. The van der Waals surface area contributed by atoms with Gasteiger partial charge in [0, 0.05) is 28.1 Å². The number of ether oxygens (including phenoxy) is 1. The molecule has 0 saturated carbocycles. The second kappa shape index (κ2) is 12.3. The Hall–Kier alpha value is -2.55. The average molecular weight is 618 g/mol. The zero-order valence-electron chi connectivity index (χ0n) is 20.5. The first-order valence-corrected chi connectivity index (χ1v) is 14.9. The van der Waals surface area contributed by atoms with E-state index in [-0.39, 0.29) is 22.9 Å². The number of carbonyl (C=O) groups excluding carboxylic acids is 2. The van der Waals surface area contributed by atoms with Gasteiger partial charge in [0.05, 0.1) is 4.99 Å². The Kier molecular flexibility index (Phi) is 8.84. The Balaban J connectivity index is 1.34. The van der Waals surface area contributed by atoms with Crippen LogP contribution in [0.3, 0.4) is 0 Å². The molecule has 0 spiro atoms. The summed E-state index contributed by atoms with van der Waals surface area (Å²) < 4.78 is 6.08. The minimum Gasteiger partial charge on any atom is -0.448 e. The Morgan fingerprint density at radius 3 is 2.31 bits per heavy atom. The van der Waals surface area contributed by atoms with E-state index in [1.165, 1.54) is 16.7 Å². The zero-order valence-corrected chi connectivity index (χ0v) is 24.4. The number of β-lactam (4-membered cyclic amide) rings is 1. The van der Waals surface area contributed by atoms with E-state index >= 15 is 0 Å². The number of rotatable bonds is 8. The molecule has 2 aliphatic heterocycles. The summed E-state index contributed by atoms with van der Waals surface area (Å²) in [5, 5.41) is 3.93. The van der Waals surface area contributed by atoms with Gasteiger partial charge in [0.15, 0.2) is 6.10 Å². The molecule has 1 fully saturated rings. The van der Waals surface area contributed by atoms with Gasteiger partial charge in [-0.3, -0.25) is 9.69 Å². The fraction of sp³-hybridized carbons (Fsp3) is 0.207. The van der Waals surface area contributed by atoms with Crippen molar-refractivity contribution in [3.05, 3.63) is 117 Å². The topological polar surface area (TPSA) is 58.6 Å². The monoisotopic (exact) mass is 616 g/mol. The van der Waals surface area contributed by atoms with E-state index in [1.807, 2.05) is 60.7 Å². The molecule has 1 N–H and O–H groups in total. The van der Waals surface area contributed by atoms with E-state index < -0.39 is 18.1 Å². The van der Waals surface area contributed by atoms with Crippen LogP contribution in [0.4, 0.5) is 0 Å². The van der Waals surface area contributed by atoms with Crippen LogP contribution >= 0.6 is 58.8 Å². The molecule has 39 heavy (non-hydrogen) atoms. The van der Waals surface area contributed by atoms with Gasteiger partial charge < -0.3 is 10.1 Å². The molecule has 3 aromatic carbocycles. The third-order valence-corrected chi connectivity index (χ3v) is 9.03. The number of esters is 1. The van der Waals surface area contributed by atoms with Gasteiger partial charge in [-0.1, -0.05) is 96.1 Å². The highest BCUT2D eigenvalue weighted by atomic mass is 35.5. The molecule has 10 heteroatoms. The summed E-state index contributed by atoms with van der Waals surface area (Å²) in [6.07, 6.45) is -0.305. The van der Waals surface area contributed by atoms with Crippen LogP contribution < -0.4 is 5.32 Å². The Morgan fingerprint density at radius 2 is 1.69 bits per heavy atom. The molecule has 200 valence electrons. The second-order valence-corrected chi connectivity index (χ2v) is 11.8. The Labute approximate surface area is 251 Å². The Morgan fingerprint density at radius 1 is 1.05 bits per heavy atom. The first-order chi connectivity index (χ1) is 18.9. The number of thiocarbonyl (C=S) groups is 1. The fourth-order valence-electron chi connectivity index (χ4n) is 4.60. The number of nitrogens with zero attached hydrogens (tertiary/aromatic N) is 1. The third kappa shape index (κ3) is 5.98. The van der Waals surface area contributed by atoms with Crippen LogP contribution in [0.2, 0.25) is 10.0 Å². The molecule has 0 aromatic heterocycles. The highest BCUT2D eigenvalue weighted by Crippen LogP contribution is 2.42. The van der Waals surface area contributed by atoms with E-state index in [9.17, 15) is 9.59 Å². The summed E-state index contributed by atoms with van der Waals surface area (Å²) in [6.45, 7) is 0. The normalized spacial score (nSPS) is 18.5. The molecular formula is C29H23Cl3N2O3S2. The van der Waals surface area contributed by atoms with Gasteiger partial charge in [0.25, 0.3) is 5.91 Å². The maximum absolute atomic E-state index is 13.7. The maximum Gasteiger partial charge on any atom is 0.356 e. The van der Waals surface area contributed by atoms with Crippen molar-refractivity contribution in [2.24, 2.45) is 0 Å². The highest BCUT2D eigenvalue weighted by molar-refractivity contribution is 8.00. The number of nitrogens with one attached hydrogen (secondary N) is 1. The minimum absolute atomic E-state index is 0.110. The molecule has 1 unspecified atom stereocenters. The summed E-state index contributed by atoms with van der Waals surface area (Å²) in [5.74, 6) is -0.251. The summed E-state index contributed by atoms with van der Waals surface area (Å²) in [5.41, 5.74) is 3.28. The number of fused-ring (bicyclic) bond motifs is 1. The molecule has 2 heterocycles. The highest BCUT2D eigenvalue weighted by Gasteiger charge is 2.54. The van der Waals surface area contributed by atoms with Crippen molar-refractivity contribution in [3.8, 4) is 0 Å². The standard InChI is InChI=1S/C29H23Cl3N2O3S2/c30-15-20-16-39-28-24(33-23(38)14-19-13-21(31)11-12-22(19)32)27(35)34(28)25(20)29(36)37-26(17-7-3-1-4-8-17)18-9-5-2-6-10-18/h1-13,24,26,28H,14-16H2,(H,33,38)/t24?,28-/m1/s1. The lowest BCUT2D eigenvalue weighted by Gasteiger charge is -2.50. The summed E-state index contributed by atoms with van der Waals surface area (Å²) in [7, 11) is 0. The summed E-state index contributed by atoms with van der Waals surface area (Å²) >= 11 is 25.7. The lowest BCUT2D eigenvalue weighted by molar-refractivity contribution is -0.153. The van der Waals surface area contributed by atoms with E-state index in [4.69, 9.17) is 51.8 Å². The van der Waals surface area contributed by atoms with Gasteiger partial charge in [0.1, 0.15) is 17.1 Å². The molecule has 0 aliphatic carbocycles. The van der Waals surface area contributed by atoms with Crippen molar-refractivity contribution in [1.29, 1.82) is 0 Å². The van der Waals surface area contributed by atoms with Crippen LogP contribution in [0, 0.1) is 0 Å². The van der Waals surface area contributed by atoms with E-state index in [1.54, 1.807) is 18.2 Å². The van der Waals surface area contributed by atoms with Gasteiger partial charge in [-0.15, -0.1) is 23.4 Å². The summed E-state index contributed by atoms with van der Waals surface area (Å²) in [6, 6.07) is 23.6. The van der Waals surface area contributed by atoms with Gasteiger partial charge in [-0.2, -0.15) is 0 Å². The lowest BCUT2D eigenvalue weighted by Crippen LogP contribution is -2.70.